The number of carbonyl (C=O) groups is 2. The molecule has 0 radical (unpaired) electrons. The molecule has 126 valence electrons. The molecular formula is C18H19NO5. The monoisotopic (exact) mass is 329 g/mol. The Kier molecular flexibility index (Phi) is 5.42. The fraction of sp³-hybridized carbons (Fsp3) is 0.222. The summed E-state index contributed by atoms with van der Waals surface area (Å²) in [5.41, 5.74) is 0.916. The maximum absolute atomic E-state index is 12.4. The van der Waals surface area contributed by atoms with Crippen molar-refractivity contribution in [2.45, 2.75) is 6.92 Å². The number of rotatable bonds is 6. The van der Waals surface area contributed by atoms with Crippen molar-refractivity contribution < 1.29 is 24.2 Å². The summed E-state index contributed by atoms with van der Waals surface area (Å²) < 4.78 is 10.4. The maximum atomic E-state index is 12.4. The summed E-state index contributed by atoms with van der Waals surface area (Å²) in [5, 5.41) is 9.30. The highest BCUT2D eigenvalue weighted by molar-refractivity contribution is 6.05. The molecule has 0 aromatic heterocycles. The Bertz CT molecular complexity index is 717. The number of aromatic hydroxyl groups is 1. The highest BCUT2D eigenvalue weighted by Crippen LogP contribution is 2.28. The number of anilines is 1. The van der Waals surface area contributed by atoms with Gasteiger partial charge in [-0.15, -0.1) is 0 Å². The van der Waals surface area contributed by atoms with Crippen molar-refractivity contribution in [3.05, 3.63) is 48.0 Å². The van der Waals surface area contributed by atoms with Crippen LogP contribution in [0.2, 0.25) is 0 Å². The number of amides is 1. The second-order valence-corrected chi connectivity index (χ2v) is 5.15. The molecule has 2 rings (SSSR count). The second-order valence-electron chi connectivity index (χ2n) is 5.15. The Labute approximate surface area is 140 Å². The third-order valence-electron chi connectivity index (χ3n) is 3.52. The van der Waals surface area contributed by atoms with Crippen LogP contribution in [0.25, 0.3) is 0 Å². The largest absolute Gasteiger partial charge is 0.508 e. The Morgan fingerprint density at radius 1 is 1.00 bits per heavy atom. The molecule has 0 bridgehead atoms. The molecule has 1 N–H and O–H groups in total. The van der Waals surface area contributed by atoms with Crippen molar-refractivity contribution >= 4 is 17.4 Å². The number of Topliss-reactive ketones (excluding diaryl/α,β-unsaturated/α-hetero) is 1. The summed E-state index contributed by atoms with van der Waals surface area (Å²) in [7, 11) is 3.02. The van der Waals surface area contributed by atoms with Crippen LogP contribution in [0.4, 0.5) is 5.69 Å². The van der Waals surface area contributed by atoms with Crippen LogP contribution >= 0.6 is 0 Å². The van der Waals surface area contributed by atoms with Crippen LogP contribution in [0.1, 0.15) is 17.3 Å². The molecule has 2 aromatic rings. The van der Waals surface area contributed by atoms with Crippen LogP contribution in [0.15, 0.2) is 42.5 Å². The molecule has 0 aliphatic heterocycles. The number of nitrogens with zero attached hydrogens (tertiary/aromatic N) is 1. The number of hydrogen-bond acceptors (Lipinski definition) is 5. The fourth-order valence-corrected chi connectivity index (χ4v) is 2.21. The van der Waals surface area contributed by atoms with Gasteiger partial charge in [-0.05, 0) is 24.3 Å². The van der Waals surface area contributed by atoms with Crippen LogP contribution in [0.5, 0.6) is 17.2 Å². The van der Waals surface area contributed by atoms with E-state index < -0.39 is 0 Å². The van der Waals surface area contributed by atoms with E-state index in [0.29, 0.717) is 22.7 Å². The molecular weight excluding hydrogens is 310 g/mol. The summed E-state index contributed by atoms with van der Waals surface area (Å²) >= 11 is 0. The zero-order valence-electron chi connectivity index (χ0n) is 13.8. The SMILES string of the molecule is COc1cc(OC)cc(N(CC(=O)c2ccc(O)cc2)C(C)=O)c1. The first kappa shape index (κ1) is 17.3. The summed E-state index contributed by atoms with van der Waals surface area (Å²) in [4.78, 5) is 25.8. The van der Waals surface area contributed by atoms with E-state index in [1.165, 1.54) is 50.3 Å². The number of methoxy groups -OCH3 is 2. The minimum Gasteiger partial charge on any atom is -0.508 e. The summed E-state index contributed by atoms with van der Waals surface area (Å²) in [6.07, 6.45) is 0. The van der Waals surface area contributed by atoms with Gasteiger partial charge >= 0.3 is 0 Å². The number of benzene rings is 2. The van der Waals surface area contributed by atoms with Crippen LogP contribution in [-0.4, -0.2) is 37.6 Å². The van der Waals surface area contributed by atoms with Crippen LogP contribution < -0.4 is 14.4 Å². The van der Waals surface area contributed by atoms with Gasteiger partial charge in [0.25, 0.3) is 0 Å². The summed E-state index contributed by atoms with van der Waals surface area (Å²) in [6, 6.07) is 10.9. The average molecular weight is 329 g/mol. The molecule has 1 amide bonds. The van der Waals surface area contributed by atoms with E-state index in [4.69, 9.17) is 9.47 Å². The number of phenols is 1. The first-order chi connectivity index (χ1) is 11.4. The molecule has 0 atom stereocenters. The number of phenolic OH excluding ortho intramolecular Hbond substituents is 1. The molecule has 0 spiro atoms. The predicted octanol–water partition coefficient (Wildman–Crippen LogP) is 2.65. The second kappa shape index (κ2) is 7.50. The van der Waals surface area contributed by atoms with Gasteiger partial charge in [-0.2, -0.15) is 0 Å². The Balaban J connectivity index is 2.31. The molecule has 0 aliphatic rings. The molecule has 0 fully saturated rings. The molecule has 2 aromatic carbocycles. The standard InChI is InChI=1S/C18H19NO5/c1-12(20)19(11-18(22)13-4-6-15(21)7-5-13)14-8-16(23-2)10-17(9-14)24-3/h4-10,21H,11H2,1-3H3. The van der Waals surface area contributed by atoms with Gasteiger partial charge < -0.3 is 19.5 Å². The maximum Gasteiger partial charge on any atom is 0.224 e. The minimum atomic E-state index is -0.280. The minimum absolute atomic E-state index is 0.0764. The smallest absolute Gasteiger partial charge is 0.224 e. The van der Waals surface area contributed by atoms with Crippen molar-refractivity contribution in [2.24, 2.45) is 0 Å². The number of ether oxygens (including phenoxy) is 2. The highest BCUT2D eigenvalue weighted by Gasteiger charge is 2.18. The van der Waals surface area contributed by atoms with Crippen LogP contribution in [-0.2, 0) is 4.79 Å². The zero-order valence-corrected chi connectivity index (χ0v) is 13.8. The number of carbonyl (C=O) groups excluding carboxylic acids is 2. The molecule has 6 heteroatoms. The first-order valence-electron chi connectivity index (χ1n) is 7.28. The van der Waals surface area contributed by atoms with Gasteiger partial charge in [-0.3, -0.25) is 9.59 Å². The van der Waals surface area contributed by atoms with E-state index in [1.807, 2.05) is 0 Å². The lowest BCUT2D eigenvalue weighted by Gasteiger charge is -2.21. The third kappa shape index (κ3) is 4.04. The number of hydrogen-bond donors (Lipinski definition) is 1. The van der Waals surface area contributed by atoms with E-state index in [2.05, 4.69) is 0 Å². The predicted molar refractivity (Wildman–Crippen MR) is 90.0 cm³/mol. The van der Waals surface area contributed by atoms with E-state index in [9.17, 15) is 14.7 Å². The van der Waals surface area contributed by atoms with Gasteiger partial charge in [-0.25, -0.2) is 0 Å². The normalized spacial score (nSPS) is 10.1. The van der Waals surface area contributed by atoms with Gasteiger partial charge in [0.15, 0.2) is 5.78 Å². The van der Waals surface area contributed by atoms with Crippen molar-refractivity contribution in [1.82, 2.24) is 0 Å². The van der Waals surface area contributed by atoms with Crippen molar-refractivity contribution in [1.29, 1.82) is 0 Å². The van der Waals surface area contributed by atoms with E-state index in [-0.39, 0.29) is 24.0 Å². The van der Waals surface area contributed by atoms with E-state index in [1.54, 1.807) is 18.2 Å². The molecule has 0 heterocycles. The van der Waals surface area contributed by atoms with Gasteiger partial charge in [0.2, 0.25) is 5.91 Å². The summed E-state index contributed by atoms with van der Waals surface area (Å²) in [5.74, 6) is 0.595. The molecule has 6 nitrogen and oxygen atoms in total. The van der Waals surface area contributed by atoms with E-state index in [0.717, 1.165) is 0 Å². The molecule has 0 saturated heterocycles. The van der Waals surface area contributed by atoms with Crippen molar-refractivity contribution in [2.75, 3.05) is 25.7 Å². The van der Waals surface area contributed by atoms with E-state index >= 15 is 0 Å². The molecule has 24 heavy (non-hydrogen) atoms. The van der Waals surface area contributed by atoms with Gasteiger partial charge in [-0.1, -0.05) is 0 Å². The van der Waals surface area contributed by atoms with Gasteiger partial charge in [0, 0.05) is 30.7 Å². The topological polar surface area (TPSA) is 76.1 Å². The number of ketones is 1. The van der Waals surface area contributed by atoms with Crippen molar-refractivity contribution in [3.8, 4) is 17.2 Å². The lowest BCUT2D eigenvalue weighted by Crippen LogP contribution is -2.34. The molecule has 0 aliphatic carbocycles. The zero-order chi connectivity index (χ0) is 17.7. The van der Waals surface area contributed by atoms with Crippen LogP contribution in [0, 0.1) is 0 Å². The van der Waals surface area contributed by atoms with Gasteiger partial charge in [0.05, 0.1) is 26.5 Å². The molecule has 0 unspecified atom stereocenters. The first-order valence-corrected chi connectivity index (χ1v) is 7.28. The Hall–Kier alpha value is -3.02. The molecule has 0 saturated carbocycles. The quantitative estimate of drug-likeness (QED) is 0.825. The van der Waals surface area contributed by atoms with Crippen molar-refractivity contribution in [3.63, 3.8) is 0 Å². The Morgan fingerprint density at radius 2 is 1.54 bits per heavy atom. The summed E-state index contributed by atoms with van der Waals surface area (Å²) in [6.45, 7) is 1.26. The Morgan fingerprint density at radius 3 is 2.00 bits per heavy atom. The van der Waals surface area contributed by atoms with Gasteiger partial charge in [0.1, 0.15) is 17.2 Å². The highest BCUT2D eigenvalue weighted by atomic mass is 16.5. The lowest BCUT2D eigenvalue weighted by atomic mass is 10.1. The fourth-order valence-electron chi connectivity index (χ4n) is 2.21. The average Bonchev–Trinajstić information content (AvgIpc) is 2.59. The lowest BCUT2D eigenvalue weighted by molar-refractivity contribution is -0.116. The van der Waals surface area contributed by atoms with Crippen LogP contribution in [0.3, 0.4) is 0 Å². The third-order valence-corrected chi connectivity index (χ3v) is 3.52.